The third-order valence-corrected chi connectivity index (χ3v) is 7.57. The maximum atomic E-state index is 13.9. The van der Waals surface area contributed by atoms with Crippen molar-refractivity contribution in [2.45, 2.75) is 19.0 Å². The van der Waals surface area contributed by atoms with Gasteiger partial charge in [-0.25, -0.2) is 8.42 Å². The molecular formula is C27H29Cl2N3O5S. The van der Waals surface area contributed by atoms with Gasteiger partial charge in [0.1, 0.15) is 18.3 Å². The average Bonchev–Trinajstić information content (AvgIpc) is 2.89. The Hall–Kier alpha value is -3.27. The number of nitrogens with one attached hydrogen (secondary N) is 1. The summed E-state index contributed by atoms with van der Waals surface area (Å²) >= 11 is 12.3. The molecule has 38 heavy (non-hydrogen) atoms. The largest absolute Gasteiger partial charge is 0.495 e. The van der Waals surface area contributed by atoms with Crippen LogP contribution in [-0.2, 0) is 32.6 Å². The highest BCUT2D eigenvalue weighted by molar-refractivity contribution is 7.92. The van der Waals surface area contributed by atoms with E-state index < -0.39 is 28.5 Å². The van der Waals surface area contributed by atoms with Gasteiger partial charge >= 0.3 is 0 Å². The average molecular weight is 579 g/mol. The Kier molecular flexibility index (Phi) is 10.0. The third kappa shape index (κ3) is 7.63. The Morgan fingerprint density at radius 3 is 2.18 bits per heavy atom. The van der Waals surface area contributed by atoms with Crippen molar-refractivity contribution in [2.24, 2.45) is 0 Å². The van der Waals surface area contributed by atoms with Gasteiger partial charge in [-0.2, -0.15) is 0 Å². The second-order valence-electron chi connectivity index (χ2n) is 8.56. The van der Waals surface area contributed by atoms with E-state index in [2.05, 4.69) is 5.32 Å². The number of benzene rings is 3. The van der Waals surface area contributed by atoms with Crippen molar-refractivity contribution < 1.29 is 22.7 Å². The number of hydrogen-bond donors (Lipinski definition) is 1. The molecule has 3 aromatic carbocycles. The van der Waals surface area contributed by atoms with Gasteiger partial charge in [0.25, 0.3) is 0 Å². The molecule has 3 aromatic rings. The lowest BCUT2D eigenvalue weighted by Gasteiger charge is -2.33. The van der Waals surface area contributed by atoms with Crippen LogP contribution in [0.25, 0.3) is 0 Å². The fourth-order valence-electron chi connectivity index (χ4n) is 3.93. The maximum Gasteiger partial charge on any atom is 0.244 e. The van der Waals surface area contributed by atoms with E-state index >= 15 is 0 Å². The van der Waals surface area contributed by atoms with E-state index in [0.29, 0.717) is 10.8 Å². The molecule has 0 aliphatic carbocycles. The summed E-state index contributed by atoms with van der Waals surface area (Å²) in [5.74, 6) is -0.585. The van der Waals surface area contributed by atoms with E-state index in [0.717, 1.165) is 21.7 Å². The Bertz CT molecular complexity index is 1370. The number of carbonyl (C=O) groups excluding carboxylic acids is 2. The third-order valence-electron chi connectivity index (χ3n) is 5.89. The van der Waals surface area contributed by atoms with Crippen molar-refractivity contribution in [3.05, 3.63) is 94.0 Å². The number of carbonyl (C=O) groups is 2. The monoisotopic (exact) mass is 577 g/mol. The normalized spacial score (nSPS) is 11.9. The van der Waals surface area contributed by atoms with E-state index in [-0.39, 0.29) is 29.6 Å². The zero-order valence-corrected chi connectivity index (χ0v) is 23.6. The number of nitrogens with zero attached hydrogens (tertiary/aromatic N) is 2. The van der Waals surface area contributed by atoms with Gasteiger partial charge in [0.2, 0.25) is 21.8 Å². The lowest BCUT2D eigenvalue weighted by Crippen LogP contribution is -2.52. The molecule has 0 saturated heterocycles. The number of amides is 2. The molecular weight excluding hydrogens is 549 g/mol. The van der Waals surface area contributed by atoms with Gasteiger partial charge in [0.15, 0.2) is 0 Å². The Morgan fingerprint density at radius 1 is 0.974 bits per heavy atom. The van der Waals surface area contributed by atoms with Gasteiger partial charge in [0.05, 0.1) is 24.1 Å². The zero-order chi connectivity index (χ0) is 27.9. The van der Waals surface area contributed by atoms with Crippen molar-refractivity contribution in [2.75, 3.05) is 31.3 Å². The molecule has 0 spiro atoms. The minimum atomic E-state index is -3.90. The highest BCUT2D eigenvalue weighted by atomic mass is 35.5. The smallest absolute Gasteiger partial charge is 0.244 e. The number of sulfonamides is 1. The van der Waals surface area contributed by atoms with E-state index in [9.17, 15) is 18.0 Å². The van der Waals surface area contributed by atoms with Crippen molar-refractivity contribution >= 4 is 50.7 Å². The quantitative estimate of drug-likeness (QED) is 0.369. The first-order chi connectivity index (χ1) is 18.0. The molecule has 1 atom stereocenters. The number of rotatable bonds is 11. The first-order valence-electron chi connectivity index (χ1n) is 11.6. The van der Waals surface area contributed by atoms with Crippen LogP contribution < -0.4 is 14.4 Å². The van der Waals surface area contributed by atoms with Crippen molar-refractivity contribution in [3.8, 4) is 5.75 Å². The summed E-state index contributed by atoms with van der Waals surface area (Å²) in [6, 6.07) is 19.7. The topological polar surface area (TPSA) is 96.0 Å². The molecule has 0 aliphatic heterocycles. The summed E-state index contributed by atoms with van der Waals surface area (Å²) in [6.07, 6.45) is 1.23. The molecule has 0 aromatic heterocycles. The predicted molar refractivity (Wildman–Crippen MR) is 150 cm³/mol. The van der Waals surface area contributed by atoms with Gasteiger partial charge in [0, 0.05) is 25.0 Å². The van der Waals surface area contributed by atoms with Crippen LogP contribution in [0, 0.1) is 0 Å². The first kappa shape index (κ1) is 29.3. The molecule has 0 unspecified atom stereocenters. The van der Waals surface area contributed by atoms with Crippen molar-refractivity contribution in [3.63, 3.8) is 0 Å². The molecule has 0 heterocycles. The van der Waals surface area contributed by atoms with Gasteiger partial charge in [-0.15, -0.1) is 0 Å². The molecule has 0 radical (unpaired) electrons. The van der Waals surface area contributed by atoms with Crippen LogP contribution in [0.3, 0.4) is 0 Å². The van der Waals surface area contributed by atoms with Crippen LogP contribution in [0.4, 0.5) is 5.69 Å². The van der Waals surface area contributed by atoms with E-state index in [1.807, 2.05) is 30.3 Å². The van der Waals surface area contributed by atoms with E-state index in [1.165, 1.54) is 37.3 Å². The van der Waals surface area contributed by atoms with Crippen LogP contribution in [0.2, 0.25) is 10.0 Å². The number of halogens is 2. The molecule has 11 heteroatoms. The lowest BCUT2D eigenvalue weighted by molar-refractivity contribution is -0.139. The maximum absolute atomic E-state index is 13.9. The molecule has 0 bridgehead atoms. The summed E-state index contributed by atoms with van der Waals surface area (Å²) in [5.41, 5.74) is 1.76. The molecule has 8 nitrogen and oxygen atoms in total. The second kappa shape index (κ2) is 13.0. The zero-order valence-electron chi connectivity index (χ0n) is 21.2. The molecule has 3 rings (SSSR count). The minimum absolute atomic E-state index is 0.0574. The summed E-state index contributed by atoms with van der Waals surface area (Å²) in [7, 11) is -0.966. The minimum Gasteiger partial charge on any atom is -0.495 e. The summed E-state index contributed by atoms with van der Waals surface area (Å²) in [5, 5.41) is 3.35. The van der Waals surface area contributed by atoms with Crippen LogP contribution in [0.1, 0.15) is 11.1 Å². The Morgan fingerprint density at radius 2 is 1.63 bits per heavy atom. The number of methoxy groups -OCH3 is 1. The fraction of sp³-hybridized carbons (Fsp3) is 0.259. The van der Waals surface area contributed by atoms with Crippen molar-refractivity contribution in [1.82, 2.24) is 10.2 Å². The Labute approximate surface area is 233 Å². The standard InChI is InChI=1S/C27H29Cl2N3O5S/c1-30-27(34)24(15-19-7-5-4-6-8-19)31(17-20-9-11-21(28)12-10-20)26(33)18-32(38(3,35)36)22-13-14-25(37-2)23(29)16-22/h4-14,16,24H,15,17-18H2,1-3H3,(H,30,34)/t24-/m0/s1. The molecule has 1 N–H and O–H groups in total. The summed E-state index contributed by atoms with van der Waals surface area (Å²) in [4.78, 5) is 28.3. The molecule has 0 fully saturated rings. The fourth-order valence-corrected chi connectivity index (χ4v) is 5.15. The molecule has 0 aliphatic rings. The number of anilines is 1. The SMILES string of the molecule is CNC(=O)[C@H](Cc1ccccc1)N(Cc1ccc(Cl)cc1)C(=O)CN(c1ccc(OC)c(Cl)c1)S(C)(=O)=O. The van der Waals surface area contributed by atoms with Gasteiger partial charge in [-0.05, 0) is 41.5 Å². The molecule has 2 amide bonds. The van der Waals surface area contributed by atoms with Crippen molar-refractivity contribution in [1.29, 1.82) is 0 Å². The van der Waals surface area contributed by atoms with Gasteiger partial charge in [-0.3, -0.25) is 13.9 Å². The second-order valence-corrected chi connectivity index (χ2v) is 11.3. The van der Waals surface area contributed by atoms with Crippen LogP contribution in [0.5, 0.6) is 5.75 Å². The number of likely N-dealkylation sites (N-methyl/N-ethyl adjacent to an activating group) is 1. The molecule has 202 valence electrons. The Balaban J connectivity index is 2.03. The highest BCUT2D eigenvalue weighted by Gasteiger charge is 2.32. The van der Waals surface area contributed by atoms with Gasteiger partial charge < -0.3 is 15.0 Å². The number of hydrogen-bond acceptors (Lipinski definition) is 5. The first-order valence-corrected chi connectivity index (χ1v) is 14.2. The predicted octanol–water partition coefficient (Wildman–Crippen LogP) is 4.15. The number of ether oxygens (including phenoxy) is 1. The van der Waals surface area contributed by atoms with E-state index in [4.69, 9.17) is 27.9 Å². The van der Waals surface area contributed by atoms with E-state index in [1.54, 1.807) is 24.3 Å². The van der Waals surface area contributed by atoms with Crippen LogP contribution in [-0.4, -0.2) is 58.1 Å². The van der Waals surface area contributed by atoms with Gasteiger partial charge in [-0.1, -0.05) is 65.7 Å². The molecule has 0 saturated carbocycles. The van der Waals surface area contributed by atoms with Crippen LogP contribution >= 0.6 is 23.2 Å². The summed E-state index contributed by atoms with van der Waals surface area (Å²) in [6.45, 7) is -0.487. The lowest BCUT2D eigenvalue weighted by atomic mass is 10.0. The highest BCUT2D eigenvalue weighted by Crippen LogP contribution is 2.30. The van der Waals surface area contributed by atoms with Crippen LogP contribution in [0.15, 0.2) is 72.8 Å². The summed E-state index contributed by atoms with van der Waals surface area (Å²) < 4.78 is 31.7.